The van der Waals surface area contributed by atoms with E-state index < -0.39 is 0 Å². The first kappa shape index (κ1) is 14.6. The molecule has 0 fully saturated rings. The number of nitrogens with two attached hydrogens (primary N) is 1. The van der Waals surface area contributed by atoms with Crippen molar-refractivity contribution in [3.05, 3.63) is 42.1 Å². The second-order valence-electron chi connectivity index (χ2n) is 4.10. The van der Waals surface area contributed by atoms with E-state index in [1.165, 1.54) is 14.2 Å². The minimum atomic E-state index is -0.341. The molecule has 1 aromatic carbocycles. The third kappa shape index (κ3) is 3.40. The van der Waals surface area contributed by atoms with Crippen molar-refractivity contribution in [3.8, 4) is 11.5 Å². The van der Waals surface area contributed by atoms with Crippen molar-refractivity contribution in [2.24, 2.45) is 5.84 Å². The molecule has 7 nitrogen and oxygen atoms in total. The van der Waals surface area contributed by atoms with Crippen LogP contribution in [0.15, 0.2) is 36.5 Å². The first-order chi connectivity index (χ1) is 10.2. The van der Waals surface area contributed by atoms with Crippen LogP contribution in [-0.4, -0.2) is 25.1 Å². The van der Waals surface area contributed by atoms with Gasteiger partial charge in [-0.2, -0.15) is 0 Å². The molecule has 1 amide bonds. The number of nitrogens with one attached hydrogen (secondary N) is 2. The standard InChI is InChI=1S/C14H16N4O3/c1-20-10-6-9(7-11(8-10)21-2)17-14(19)12-4-3-5-16-13(12)18-15/h3-8H,15H2,1-2H3,(H,16,18)(H,17,19). The fourth-order valence-electron chi connectivity index (χ4n) is 1.78. The molecular weight excluding hydrogens is 272 g/mol. The number of hydrogen-bond acceptors (Lipinski definition) is 6. The quantitative estimate of drug-likeness (QED) is 0.571. The summed E-state index contributed by atoms with van der Waals surface area (Å²) in [6, 6.07) is 8.36. The van der Waals surface area contributed by atoms with Crippen molar-refractivity contribution in [2.75, 3.05) is 25.0 Å². The number of anilines is 2. The van der Waals surface area contributed by atoms with E-state index in [9.17, 15) is 4.79 Å². The highest BCUT2D eigenvalue weighted by Gasteiger charge is 2.12. The van der Waals surface area contributed by atoms with Crippen LogP contribution < -0.4 is 26.1 Å². The van der Waals surface area contributed by atoms with Crippen LogP contribution in [0.5, 0.6) is 11.5 Å². The monoisotopic (exact) mass is 288 g/mol. The Labute approximate surface area is 122 Å². The lowest BCUT2D eigenvalue weighted by atomic mass is 10.2. The Hall–Kier alpha value is -2.80. The number of hydrazine groups is 1. The molecule has 1 aromatic heterocycles. The highest BCUT2D eigenvalue weighted by molar-refractivity contribution is 6.07. The van der Waals surface area contributed by atoms with Gasteiger partial charge in [-0.3, -0.25) is 4.79 Å². The summed E-state index contributed by atoms with van der Waals surface area (Å²) in [5.74, 6) is 6.45. The van der Waals surface area contributed by atoms with E-state index in [1.807, 2.05) is 0 Å². The van der Waals surface area contributed by atoms with Crippen LogP contribution in [-0.2, 0) is 0 Å². The number of ether oxygens (including phenoxy) is 2. The highest BCUT2D eigenvalue weighted by Crippen LogP contribution is 2.26. The van der Waals surface area contributed by atoms with Gasteiger partial charge in [0.15, 0.2) is 5.82 Å². The molecule has 0 radical (unpaired) electrons. The average Bonchev–Trinajstić information content (AvgIpc) is 2.54. The Bertz CT molecular complexity index is 624. The zero-order chi connectivity index (χ0) is 15.2. The molecule has 0 spiro atoms. The van der Waals surface area contributed by atoms with Gasteiger partial charge < -0.3 is 20.2 Å². The van der Waals surface area contributed by atoms with Crippen LogP contribution in [0.3, 0.4) is 0 Å². The van der Waals surface area contributed by atoms with E-state index in [0.29, 0.717) is 28.6 Å². The van der Waals surface area contributed by atoms with E-state index in [0.717, 1.165) is 0 Å². The zero-order valence-corrected chi connectivity index (χ0v) is 11.7. The Morgan fingerprint density at radius 3 is 2.43 bits per heavy atom. The van der Waals surface area contributed by atoms with E-state index in [1.54, 1.807) is 36.5 Å². The molecule has 4 N–H and O–H groups in total. The number of nitrogens with zero attached hydrogens (tertiary/aromatic N) is 1. The van der Waals surface area contributed by atoms with Gasteiger partial charge in [-0.1, -0.05) is 0 Å². The number of hydrogen-bond donors (Lipinski definition) is 3. The van der Waals surface area contributed by atoms with Crippen LogP contribution in [0.1, 0.15) is 10.4 Å². The molecule has 0 unspecified atom stereocenters. The molecule has 0 atom stereocenters. The summed E-state index contributed by atoms with van der Waals surface area (Å²) in [6.45, 7) is 0. The molecule has 0 aliphatic heterocycles. The molecule has 2 aromatic rings. The number of carbonyl (C=O) groups is 1. The van der Waals surface area contributed by atoms with Crippen molar-refractivity contribution in [2.45, 2.75) is 0 Å². The Morgan fingerprint density at radius 2 is 1.86 bits per heavy atom. The first-order valence-corrected chi connectivity index (χ1v) is 6.14. The lowest BCUT2D eigenvalue weighted by Crippen LogP contribution is -2.18. The maximum absolute atomic E-state index is 12.3. The maximum Gasteiger partial charge on any atom is 0.259 e. The molecule has 7 heteroatoms. The van der Waals surface area contributed by atoms with Crippen LogP contribution in [0.4, 0.5) is 11.5 Å². The fraction of sp³-hybridized carbons (Fsp3) is 0.143. The Kier molecular flexibility index (Phi) is 4.57. The van der Waals surface area contributed by atoms with Crippen LogP contribution in [0, 0.1) is 0 Å². The van der Waals surface area contributed by atoms with Crippen LogP contribution in [0.2, 0.25) is 0 Å². The third-order valence-corrected chi connectivity index (χ3v) is 2.80. The number of rotatable bonds is 5. The Morgan fingerprint density at radius 1 is 1.19 bits per heavy atom. The lowest BCUT2D eigenvalue weighted by molar-refractivity contribution is 0.102. The number of nitrogen functional groups attached to an aromatic ring is 1. The second-order valence-corrected chi connectivity index (χ2v) is 4.10. The molecule has 21 heavy (non-hydrogen) atoms. The molecule has 0 aliphatic carbocycles. The summed E-state index contributed by atoms with van der Waals surface area (Å²) in [5.41, 5.74) is 3.27. The predicted octanol–water partition coefficient (Wildman–Crippen LogP) is 1.64. The third-order valence-electron chi connectivity index (χ3n) is 2.80. The first-order valence-electron chi connectivity index (χ1n) is 6.14. The summed E-state index contributed by atoms with van der Waals surface area (Å²) < 4.78 is 10.3. The normalized spacial score (nSPS) is 9.86. The number of pyridine rings is 1. The summed E-state index contributed by atoms with van der Waals surface area (Å²) in [4.78, 5) is 16.2. The van der Waals surface area contributed by atoms with Crippen molar-refractivity contribution >= 4 is 17.4 Å². The van der Waals surface area contributed by atoms with E-state index in [4.69, 9.17) is 15.3 Å². The number of methoxy groups -OCH3 is 2. The number of benzene rings is 1. The van der Waals surface area contributed by atoms with E-state index in [-0.39, 0.29) is 5.91 Å². The van der Waals surface area contributed by atoms with E-state index in [2.05, 4.69) is 15.7 Å². The molecule has 110 valence electrons. The minimum Gasteiger partial charge on any atom is -0.497 e. The van der Waals surface area contributed by atoms with Gasteiger partial charge in [-0.15, -0.1) is 0 Å². The SMILES string of the molecule is COc1cc(NC(=O)c2cccnc2NN)cc(OC)c1. The number of aromatic nitrogens is 1. The lowest BCUT2D eigenvalue weighted by Gasteiger charge is -2.11. The molecule has 0 saturated carbocycles. The van der Waals surface area contributed by atoms with Gasteiger partial charge in [0.25, 0.3) is 5.91 Å². The maximum atomic E-state index is 12.3. The molecule has 0 saturated heterocycles. The van der Waals surface area contributed by atoms with Crippen molar-refractivity contribution in [1.29, 1.82) is 0 Å². The zero-order valence-electron chi connectivity index (χ0n) is 11.7. The van der Waals surface area contributed by atoms with Gasteiger partial charge in [0.2, 0.25) is 0 Å². The molecule has 2 rings (SSSR count). The number of amides is 1. The number of carbonyl (C=O) groups excluding carboxylic acids is 1. The van der Waals surface area contributed by atoms with Crippen molar-refractivity contribution in [1.82, 2.24) is 4.98 Å². The largest absolute Gasteiger partial charge is 0.497 e. The van der Waals surface area contributed by atoms with Gasteiger partial charge in [0, 0.05) is 30.1 Å². The second kappa shape index (κ2) is 6.58. The van der Waals surface area contributed by atoms with E-state index >= 15 is 0 Å². The van der Waals surface area contributed by atoms with Gasteiger partial charge in [0.1, 0.15) is 11.5 Å². The van der Waals surface area contributed by atoms with Gasteiger partial charge >= 0.3 is 0 Å². The smallest absolute Gasteiger partial charge is 0.259 e. The van der Waals surface area contributed by atoms with Crippen LogP contribution >= 0.6 is 0 Å². The summed E-state index contributed by atoms with van der Waals surface area (Å²) in [5, 5.41) is 2.75. The Balaban J connectivity index is 2.27. The highest BCUT2D eigenvalue weighted by atomic mass is 16.5. The van der Waals surface area contributed by atoms with Gasteiger partial charge in [0.05, 0.1) is 19.8 Å². The molecule has 0 bridgehead atoms. The topological polar surface area (TPSA) is 98.5 Å². The van der Waals surface area contributed by atoms with Crippen LogP contribution in [0.25, 0.3) is 0 Å². The molecular formula is C14H16N4O3. The summed E-state index contributed by atoms with van der Waals surface area (Å²) in [7, 11) is 3.08. The van der Waals surface area contributed by atoms with Crippen molar-refractivity contribution in [3.63, 3.8) is 0 Å². The van der Waals surface area contributed by atoms with Gasteiger partial charge in [-0.05, 0) is 12.1 Å². The van der Waals surface area contributed by atoms with Crippen molar-refractivity contribution < 1.29 is 14.3 Å². The average molecular weight is 288 g/mol. The summed E-state index contributed by atoms with van der Waals surface area (Å²) >= 11 is 0. The summed E-state index contributed by atoms with van der Waals surface area (Å²) in [6.07, 6.45) is 1.54. The molecule has 0 aliphatic rings. The minimum absolute atomic E-state index is 0.296. The fourth-order valence-corrected chi connectivity index (χ4v) is 1.78. The van der Waals surface area contributed by atoms with Gasteiger partial charge in [-0.25, -0.2) is 10.8 Å². The molecule has 1 heterocycles. The predicted molar refractivity (Wildman–Crippen MR) is 79.5 cm³/mol.